The summed E-state index contributed by atoms with van der Waals surface area (Å²) in [5.74, 6) is -0.585. The first kappa shape index (κ1) is 14.9. The zero-order valence-electron chi connectivity index (χ0n) is 11.0. The monoisotopic (exact) mass is 305 g/mol. The lowest BCUT2D eigenvalue weighted by atomic mass is 10.2. The third kappa shape index (κ3) is 3.51. The van der Waals surface area contributed by atoms with E-state index in [9.17, 15) is 20.0 Å². The first-order valence-corrected chi connectivity index (χ1v) is 6.66. The molecule has 0 aliphatic carbocycles. The second-order valence-electron chi connectivity index (χ2n) is 4.03. The van der Waals surface area contributed by atoms with E-state index < -0.39 is 10.9 Å². The minimum absolute atomic E-state index is 0.00427. The molecule has 0 amide bonds. The number of hydrogen-bond donors (Lipinski definition) is 1. The number of phenols is 1. The summed E-state index contributed by atoms with van der Waals surface area (Å²) >= 11 is 1.24. The summed E-state index contributed by atoms with van der Waals surface area (Å²) in [6, 6.07) is 10.4. The van der Waals surface area contributed by atoms with Crippen LogP contribution in [-0.2, 0) is 4.74 Å². The molecule has 0 bridgehead atoms. The predicted octanol–water partition coefficient (Wildman–Crippen LogP) is 3.24. The molecule has 2 aromatic carbocycles. The molecule has 0 atom stereocenters. The predicted molar refractivity (Wildman–Crippen MR) is 76.7 cm³/mol. The molecule has 0 aromatic heterocycles. The second kappa shape index (κ2) is 6.27. The summed E-state index contributed by atoms with van der Waals surface area (Å²) in [4.78, 5) is 22.7. The van der Waals surface area contributed by atoms with E-state index in [4.69, 9.17) is 0 Å². The third-order valence-electron chi connectivity index (χ3n) is 2.66. The molecule has 0 aliphatic rings. The molecule has 0 heterocycles. The van der Waals surface area contributed by atoms with E-state index in [2.05, 4.69) is 4.74 Å². The number of benzene rings is 2. The highest BCUT2D eigenvalue weighted by Crippen LogP contribution is 2.35. The van der Waals surface area contributed by atoms with Gasteiger partial charge in [-0.2, -0.15) is 0 Å². The molecule has 21 heavy (non-hydrogen) atoms. The van der Waals surface area contributed by atoms with Gasteiger partial charge in [-0.15, -0.1) is 0 Å². The highest BCUT2D eigenvalue weighted by Gasteiger charge is 2.11. The number of hydrogen-bond acceptors (Lipinski definition) is 6. The van der Waals surface area contributed by atoms with Crippen molar-refractivity contribution in [3.8, 4) is 5.75 Å². The lowest BCUT2D eigenvalue weighted by molar-refractivity contribution is -0.384. The molecule has 0 spiro atoms. The van der Waals surface area contributed by atoms with Crippen molar-refractivity contribution >= 4 is 23.4 Å². The Morgan fingerprint density at radius 1 is 1.24 bits per heavy atom. The average molecular weight is 305 g/mol. The van der Waals surface area contributed by atoms with Crippen molar-refractivity contribution in [2.75, 3.05) is 7.11 Å². The maximum atomic E-state index is 11.3. The number of methoxy groups -OCH3 is 1. The van der Waals surface area contributed by atoms with E-state index in [-0.39, 0.29) is 17.0 Å². The summed E-state index contributed by atoms with van der Waals surface area (Å²) < 4.78 is 4.56. The number of non-ortho nitro benzene ring substituents is 1. The van der Waals surface area contributed by atoms with Crippen LogP contribution in [0.2, 0.25) is 0 Å². The molecule has 0 saturated heterocycles. The van der Waals surface area contributed by atoms with Crippen LogP contribution < -0.4 is 0 Å². The number of nitrogens with zero attached hydrogens (tertiary/aromatic N) is 1. The standard InChI is InChI=1S/C14H11NO5S/c1-20-14(17)9-2-7-13(12(16)8-9)21-11-5-3-10(4-6-11)15(18)19/h2-8,16H,1H3. The van der Waals surface area contributed by atoms with Crippen LogP contribution in [0.25, 0.3) is 0 Å². The first-order chi connectivity index (χ1) is 10.0. The number of phenolic OH excluding ortho intramolecular Hbond substituents is 1. The Balaban J connectivity index is 2.19. The summed E-state index contributed by atoms with van der Waals surface area (Å²) in [6.45, 7) is 0. The normalized spacial score (nSPS) is 10.1. The minimum atomic E-state index is -0.530. The molecule has 0 radical (unpaired) electrons. The van der Waals surface area contributed by atoms with Gasteiger partial charge in [-0.05, 0) is 30.3 Å². The van der Waals surface area contributed by atoms with Crippen molar-refractivity contribution in [2.45, 2.75) is 9.79 Å². The SMILES string of the molecule is COC(=O)c1ccc(Sc2ccc([N+](=O)[O-])cc2)c(O)c1. The van der Waals surface area contributed by atoms with Gasteiger partial charge in [0.1, 0.15) is 5.75 Å². The molecular weight excluding hydrogens is 294 g/mol. The van der Waals surface area contributed by atoms with Gasteiger partial charge in [-0.3, -0.25) is 10.1 Å². The summed E-state index contributed by atoms with van der Waals surface area (Å²) in [6.07, 6.45) is 0. The Morgan fingerprint density at radius 2 is 1.90 bits per heavy atom. The van der Waals surface area contributed by atoms with E-state index >= 15 is 0 Å². The largest absolute Gasteiger partial charge is 0.507 e. The van der Waals surface area contributed by atoms with Crippen molar-refractivity contribution in [1.82, 2.24) is 0 Å². The van der Waals surface area contributed by atoms with Crippen molar-refractivity contribution < 1.29 is 19.6 Å². The fraction of sp³-hybridized carbons (Fsp3) is 0.0714. The van der Waals surface area contributed by atoms with Crippen LogP contribution in [0, 0.1) is 10.1 Å². The zero-order valence-corrected chi connectivity index (χ0v) is 11.8. The summed E-state index contributed by atoms with van der Waals surface area (Å²) in [5.41, 5.74) is 0.257. The Hall–Kier alpha value is -2.54. The molecule has 0 saturated carbocycles. The lowest BCUT2D eigenvalue weighted by Crippen LogP contribution is -2.00. The number of carbonyl (C=O) groups excluding carboxylic acids is 1. The Labute approximate surface area is 124 Å². The van der Waals surface area contributed by atoms with E-state index in [1.807, 2.05) is 0 Å². The molecule has 6 nitrogen and oxygen atoms in total. The number of ether oxygens (including phenoxy) is 1. The summed E-state index contributed by atoms with van der Waals surface area (Å²) in [7, 11) is 1.26. The van der Waals surface area contributed by atoms with Gasteiger partial charge in [0, 0.05) is 17.0 Å². The average Bonchev–Trinajstić information content (AvgIpc) is 2.49. The lowest BCUT2D eigenvalue weighted by Gasteiger charge is -2.06. The molecule has 1 N–H and O–H groups in total. The van der Waals surface area contributed by atoms with Gasteiger partial charge in [0.2, 0.25) is 0 Å². The topological polar surface area (TPSA) is 89.7 Å². The molecular formula is C14H11NO5S. The first-order valence-electron chi connectivity index (χ1n) is 5.85. The molecule has 2 rings (SSSR count). The van der Waals surface area contributed by atoms with Crippen molar-refractivity contribution in [3.63, 3.8) is 0 Å². The second-order valence-corrected chi connectivity index (χ2v) is 5.14. The zero-order chi connectivity index (χ0) is 15.4. The van der Waals surface area contributed by atoms with Gasteiger partial charge >= 0.3 is 5.97 Å². The van der Waals surface area contributed by atoms with Crippen LogP contribution in [0.15, 0.2) is 52.3 Å². The van der Waals surface area contributed by atoms with E-state index in [1.54, 1.807) is 24.3 Å². The van der Waals surface area contributed by atoms with Crippen LogP contribution in [0.1, 0.15) is 10.4 Å². The summed E-state index contributed by atoms with van der Waals surface area (Å²) in [5, 5.41) is 20.5. The number of rotatable bonds is 4. The quantitative estimate of drug-likeness (QED) is 0.530. The maximum absolute atomic E-state index is 11.3. The number of esters is 1. The number of aromatic hydroxyl groups is 1. The van der Waals surface area contributed by atoms with Crippen LogP contribution in [0.3, 0.4) is 0 Å². The highest BCUT2D eigenvalue weighted by atomic mass is 32.2. The Kier molecular flexibility index (Phi) is 4.44. The maximum Gasteiger partial charge on any atom is 0.337 e. The molecule has 0 unspecified atom stereocenters. The molecule has 7 heteroatoms. The van der Waals surface area contributed by atoms with Gasteiger partial charge in [0.25, 0.3) is 5.69 Å². The van der Waals surface area contributed by atoms with Crippen molar-refractivity contribution in [3.05, 3.63) is 58.1 Å². The van der Waals surface area contributed by atoms with Crippen LogP contribution in [0.5, 0.6) is 5.75 Å². The minimum Gasteiger partial charge on any atom is -0.507 e. The fourth-order valence-electron chi connectivity index (χ4n) is 1.61. The van der Waals surface area contributed by atoms with Crippen LogP contribution in [0.4, 0.5) is 5.69 Å². The highest BCUT2D eigenvalue weighted by molar-refractivity contribution is 7.99. The van der Waals surface area contributed by atoms with Crippen LogP contribution in [-0.4, -0.2) is 23.1 Å². The molecule has 108 valence electrons. The Bertz CT molecular complexity index is 684. The van der Waals surface area contributed by atoms with Crippen molar-refractivity contribution in [1.29, 1.82) is 0 Å². The van der Waals surface area contributed by atoms with Gasteiger partial charge in [0.05, 0.1) is 22.5 Å². The van der Waals surface area contributed by atoms with Gasteiger partial charge < -0.3 is 9.84 Å². The smallest absolute Gasteiger partial charge is 0.337 e. The fourth-order valence-corrected chi connectivity index (χ4v) is 2.44. The van der Waals surface area contributed by atoms with Gasteiger partial charge in [0.15, 0.2) is 0 Å². The van der Waals surface area contributed by atoms with E-state index in [0.29, 0.717) is 4.90 Å². The molecule has 2 aromatic rings. The van der Waals surface area contributed by atoms with E-state index in [0.717, 1.165) is 4.90 Å². The number of carbonyl (C=O) groups is 1. The number of nitro groups is 1. The van der Waals surface area contributed by atoms with Gasteiger partial charge in [-0.25, -0.2) is 4.79 Å². The van der Waals surface area contributed by atoms with Crippen molar-refractivity contribution in [2.24, 2.45) is 0 Å². The Morgan fingerprint density at radius 3 is 2.43 bits per heavy atom. The van der Waals surface area contributed by atoms with Crippen LogP contribution >= 0.6 is 11.8 Å². The third-order valence-corrected chi connectivity index (χ3v) is 3.73. The molecule has 0 fully saturated rings. The molecule has 0 aliphatic heterocycles. The number of nitro benzene ring substituents is 1. The van der Waals surface area contributed by atoms with Gasteiger partial charge in [-0.1, -0.05) is 11.8 Å². The van der Waals surface area contributed by atoms with E-state index in [1.165, 1.54) is 37.1 Å².